The fraction of sp³-hybridized carbons (Fsp3) is 0.435. The maximum absolute atomic E-state index is 12.6. The molecular weight excluding hydrogens is 465 g/mol. The van der Waals surface area contributed by atoms with E-state index in [2.05, 4.69) is 53.7 Å². The maximum atomic E-state index is 12.6. The number of carbonyl (C=O) groups is 1. The van der Waals surface area contributed by atoms with Crippen LogP contribution in [0.4, 0.5) is 0 Å². The zero-order valence-electron chi connectivity index (χ0n) is 17.4. The van der Waals surface area contributed by atoms with Gasteiger partial charge in [-0.05, 0) is 18.4 Å². The number of hydrogen-bond donors (Lipinski definition) is 1. The molecule has 1 unspecified atom stereocenters. The Morgan fingerprint density at radius 2 is 1.76 bits per heavy atom. The van der Waals surface area contributed by atoms with Gasteiger partial charge in [0.2, 0.25) is 0 Å². The Hall–Kier alpha value is -1.09. The van der Waals surface area contributed by atoms with Gasteiger partial charge in [-0.2, -0.15) is 0 Å². The van der Waals surface area contributed by atoms with Gasteiger partial charge >= 0.3 is 145 Å². The summed E-state index contributed by atoms with van der Waals surface area (Å²) in [5.74, 6) is 1.21. The first-order chi connectivity index (χ1) is 13.6. The molecular formula is C23H31AsClNO2S. The molecule has 0 saturated heterocycles. The van der Waals surface area contributed by atoms with Gasteiger partial charge in [0.05, 0.1) is 0 Å². The summed E-state index contributed by atoms with van der Waals surface area (Å²) < 4.78 is 6.46. The third-order valence-electron chi connectivity index (χ3n) is 5.66. The second-order valence-electron chi connectivity index (χ2n) is 7.31. The molecule has 1 aliphatic carbocycles. The van der Waals surface area contributed by atoms with E-state index < -0.39 is 0 Å². The minimum Gasteiger partial charge on any atom is -0.147 e. The van der Waals surface area contributed by atoms with Crippen LogP contribution in [0.5, 0.6) is 5.75 Å². The van der Waals surface area contributed by atoms with E-state index in [1.54, 1.807) is 18.9 Å². The molecule has 29 heavy (non-hydrogen) atoms. The van der Waals surface area contributed by atoms with Crippen LogP contribution in [0.15, 0.2) is 47.4 Å². The first kappa shape index (κ1) is 24.2. The quantitative estimate of drug-likeness (QED) is 0.402. The number of nitrogens with one attached hydrogen (secondary N) is 1. The smallest absolute Gasteiger partial charge is 0.147 e. The second-order valence-corrected chi connectivity index (χ2v) is 11.1. The topological polar surface area (TPSA) is 38.3 Å². The number of halogens is 1. The summed E-state index contributed by atoms with van der Waals surface area (Å²) in [6.45, 7) is 0.514. The van der Waals surface area contributed by atoms with Crippen LogP contribution >= 0.6 is 24.2 Å². The van der Waals surface area contributed by atoms with Gasteiger partial charge in [0.15, 0.2) is 0 Å². The van der Waals surface area contributed by atoms with Gasteiger partial charge in [-0.3, -0.25) is 0 Å². The number of ether oxygens (including phenoxy) is 1. The molecule has 0 aromatic heterocycles. The number of amides is 1. The summed E-state index contributed by atoms with van der Waals surface area (Å²) in [6.07, 6.45) is 6.65. The molecule has 1 N–H and O–H groups in total. The summed E-state index contributed by atoms with van der Waals surface area (Å²) in [6, 6.07) is 14.8. The zero-order valence-corrected chi connectivity index (χ0v) is 21.1. The predicted molar refractivity (Wildman–Crippen MR) is 128 cm³/mol. The second kappa shape index (κ2) is 11.9. The van der Waals surface area contributed by atoms with Crippen molar-refractivity contribution >= 4 is 45.8 Å². The van der Waals surface area contributed by atoms with Crippen LogP contribution in [0.1, 0.15) is 31.2 Å². The number of methoxy groups -OCH3 is 1. The molecule has 3 rings (SSSR count). The molecule has 0 spiro atoms. The number of carbonyl (C=O) groups excluding carboxylic acids is 1. The van der Waals surface area contributed by atoms with Crippen LogP contribution in [0.3, 0.4) is 0 Å². The van der Waals surface area contributed by atoms with E-state index in [4.69, 9.17) is 4.74 Å². The molecule has 0 radical (unpaired) electrons. The molecule has 0 heterocycles. The van der Waals surface area contributed by atoms with Gasteiger partial charge in [-0.15, -0.1) is 24.2 Å². The van der Waals surface area contributed by atoms with Gasteiger partial charge in [-0.1, -0.05) is 0 Å². The summed E-state index contributed by atoms with van der Waals surface area (Å²) in [5.41, 5.74) is 5.72. The van der Waals surface area contributed by atoms with Crippen molar-refractivity contribution in [3.8, 4) is 16.9 Å². The Morgan fingerprint density at radius 1 is 1.10 bits per heavy atom. The Kier molecular flexibility index (Phi) is 9.95. The largest absolute Gasteiger partial charge is 0.147 e. The third-order valence-corrected chi connectivity index (χ3v) is 9.33. The predicted octanol–water partition coefficient (Wildman–Crippen LogP) is 5.59. The van der Waals surface area contributed by atoms with E-state index in [1.165, 1.54) is 23.3 Å². The fourth-order valence-corrected chi connectivity index (χ4v) is 6.17. The number of thioether (sulfide) groups is 1. The SMILES string of the molecule is COc1ccc(-c2ccc(SC)cc2)cc1CNC(=O)C1CCC([AsH]C)CC1.Cl. The molecule has 6 heteroatoms. The Bertz CT molecular complexity index is 792. The average molecular weight is 496 g/mol. The first-order valence-corrected chi connectivity index (χ1v) is 14.4. The van der Waals surface area contributed by atoms with Crippen molar-refractivity contribution in [1.29, 1.82) is 0 Å². The molecule has 1 fully saturated rings. The van der Waals surface area contributed by atoms with Crippen LogP contribution in [-0.4, -0.2) is 35.0 Å². The molecule has 1 atom stereocenters. The van der Waals surface area contributed by atoms with Gasteiger partial charge in [0.1, 0.15) is 0 Å². The van der Waals surface area contributed by atoms with Crippen molar-refractivity contribution < 1.29 is 9.53 Å². The Balaban J connectivity index is 0.00000300. The molecule has 1 aliphatic rings. The number of rotatable bonds is 7. The fourth-order valence-electron chi connectivity index (χ4n) is 3.85. The van der Waals surface area contributed by atoms with Crippen LogP contribution < -0.4 is 10.1 Å². The molecule has 0 aliphatic heterocycles. The van der Waals surface area contributed by atoms with Crippen molar-refractivity contribution in [1.82, 2.24) is 5.32 Å². The number of benzene rings is 2. The van der Waals surface area contributed by atoms with Crippen LogP contribution in [-0.2, 0) is 11.3 Å². The third kappa shape index (κ3) is 6.44. The minimum atomic E-state index is 0. The zero-order chi connectivity index (χ0) is 19.9. The van der Waals surface area contributed by atoms with E-state index >= 15 is 0 Å². The minimum absolute atomic E-state index is 0. The van der Waals surface area contributed by atoms with Crippen LogP contribution in [0.2, 0.25) is 10.4 Å². The van der Waals surface area contributed by atoms with Crippen LogP contribution in [0, 0.1) is 5.92 Å². The van der Waals surface area contributed by atoms with Gasteiger partial charge in [0, 0.05) is 4.90 Å². The summed E-state index contributed by atoms with van der Waals surface area (Å²) in [7, 11) is 1.68. The molecule has 2 aromatic rings. The van der Waals surface area contributed by atoms with Crippen molar-refractivity contribution in [3.05, 3.63) is 48.0 Å². The van der Waals surface area contributed by atoms with E-state index in [9.17, 15) is 4.79 Å². The maximum Gasteiger partial charge on any atom is -0.147 e. The van der Waals surface area contributed by atoms with E-state index in [0.29, 0.717) is 6.54 Å². The molecule has 1 amide bonds. The molecule has 0 bridgehead atoms. The molecule has 3 nitrogen and oxygen atoms in total. The Labute approximate surface area is 191 Å². The molecule has 2 aromatic carbocycles. The Morgan fingerprint density at radius 3 is 2.34 bits per heavy atom. The van der Waals surface area contributed by atoms with Gasteiger partial charge in [0.25, 0.3) is 0 Å². The van der Waals surface area contributed by atoms with Gasteiger partial charge in [-0.25, -0.2) is 0 Å². The monoisotopic (exact) mass is 495 g/mol. The van der Waals surface area contributed by atoms with E-state index in [-0.39, 0.29) is 40.0 Å². The molecule has 158 valence electrons. The molecule has 1 saturated carbocycles. The van der Waals surface area contributed by atoms with E-state index in [0.717, 1.165) is 34.4 Å². The van der Waals surface area contributed by atoms with Crippen molar-refractivity contribution in [2.75, 3.05) is 13.4 Å². The average Bonchev–Trinajstić information content (AvgIpc) is 2.77. The first-order valence-electron chi connectivity index (χ1n) is 9.91. The normalized spacial score (nSPS) is 19.0. The summed E-state index contributed by atoms with van der Waals surface area (Å²) in [4.78, 5) is 13.9. The summed E-state index contributed by atoms with van der Waals surface area (Å²) in [5, 5.41) is 3.16. The van der Waals surface area contributed by atoms with Gasteiger partial charge < -0.3 is 0 Å². The van der Waals surface area contributed by atoms with E-state index in [1.807, 2.05) is 6.07 Å². The summed E-state index contributed by atoms with van der Waals surface area (Å²) >= 11 is 1.93. The van der Waals surface area contributed by atoms with Crippen molar-refractivity contribution in [3.63, 3.8) is 0 Å². The van der Waals surface area contributed by atoms with Crippen LogP contribution in [0.25, 0.3) is 11.1 Å². The van der Waals surface area contributed by atoms with Crippen molar-refractivity contribution in [2.24, 2.45) is 5.92 Å². The standard InChI is InChI=1S/C23H30AsNO2S.ClH/c1-24-20-9-4-17(5-10-20)23(26)25-15-19-14-18(8-13-22(19)27-2)16-6-11-21(28-3)12-7-16;/h6-8,11-14,17,20,24H,4-5,9-10,15H2,1-3H3,(H,25,26);1H. The number of hydrogen-bond acceptors (Lipinski definition) is 3. The van der Waals surface area contributed by atoms with Crippen molar-refractivity contribution in [2.45, 2.75) is 47.5 Å².